The van der Waals surface area contributed by atoms with Gasteiger partial charge in [-0.15, -0.1) is 11.3 Å². The maximum atomic E-state index is 13.0. The monoisotopic (exact) mass is 503 g/mol. The molecular formula is C25H34FN5O3S. The maximum Gasteiger partial charge on any atom is 0.275 e. The zero-order valence-electron chi connectivity index (χ0n) is 20.4. The van der Waals surface area contributed by atoms with Gasteiger partial charge in [0.05, 0.1) is 24.0 Å². The number of thiazole rings is 1. The van der Waals surface area contributed by atoms with E-state index >= 15 is 0 Å². The molecule has 4 rings (SSSR count). The van der Waals surface area contributed by atoms with Crippen LogP contribution in [0.1, 0.15) is 59.0 Å². The number of rotatable bonds is 10. The van der Waals surface area contributed by atoms with Crippen LogP contribution in [0.4, 0.5) is 15.2 Å². The van der Waals surface area contributed by atoms with Crippen molar-refractivity contribution in [3.8, 4) is 0 Å². The van der Waals surface area contributed by atoms with Crippen molar-refractivity contribution in [3.05, 3.63) is 40.4 Å². The summed E-state index contributed by atoms with van der Waals surface area (Å²) in [7, 11) is 1.71. The maximum absolute atomic E-state index is 13.0. The molecule has 0 radical (unpaired) electrons. The number of carbonyl (C=O) groups excluding carboxylic acids is 2. The van der Waals surface area contributed by atoms with Crippen LogP contribution in [-0.2, 0) is 11.3 Å². The van der Waals surface area contributed by atoms with Gasteiger partial charge in [0.25, 0.3) is 11.8 Å². The standard InChI is InChI=1S/C25H34FN5O3S/c1-17-5-3-11-30(17)14-18-6-7-21(20(13-18)23(32)27-10-4-9-26)28-24(33)22-16-35-25(29-22)31-12-8-19(15-31)34-2/h6-7,13,16-17,19H,3-5,8-12,14-15H2,1-2H3,(H,27,32)(H,28,33)/t17-,19-/m0/s1. The van der Waals surface area contributed by atoms with Crippen molar-refractivity contribution in [3.63, 3.8) is 0 Å². The molecule has 2 fully saturated rings. The number of likely N-dealkylation sites (tertiary alicyclic amines) is 1. The number of aromatic nitrogens is 1. The second-order valence-electron chi connectivity index (χ2n) is 9.20. The van der Waals surface area contributed by atoms with Crippen LogP contribution in [0, 0.1) is 0 Å². The number of benzene rings is 1. The SMILES string of the molecule is CO[C@H]1CCN(c2nc(C(=O)Nc3ccc(CN4CCC[C@@H]4C)cc3C(=O)NCCCF)cs2)C1. The predicted molar refractivity (Wildman–Crippen MR) is 136 cm³/mol. The Morgan fingerprint density at radius 2 is 2.11 bits per heavy atom. The lowest BCUT2D eigenvalue weighted by atomic mass is 10.1. The Morgan fingerprint density at radius 3 is 2.83 bits per heavy atom. The van der Waals surface area contributed by atoms with Gasteiger partial charge >= 0.3 is 0 Å². The van der Waals surface area contributed by atoms with Gasteiger partial charge in [0.2, 0.25) is 0 Å². The van der Waals surface area contributed by atoms with Gasteiger partial charge in [0.1, 0.15) is 5.69 Å². The van der Waals surface area contributed by atoms with E-state index in [2.05, 4.69) is 32.3 Å². The van der Waals surface area contributed by atoms with E-state index in [1.54, 1.807) is 18.6 Å². The Labute approximate surface area is 209 Å². The van der Waals surface area contributed by atoms with Crippen LogP contribution in [0.3, 0.4) is 0 Å². The van der Waals surface area contributed by atoms with Gasteiger partial charge in [0, 0.05) is 44.7 Å². The molecule has 1 aromatic heterocycles. The largest absolute Gasteiger partial charge is 0.380 e. The normalized spacial score (nSPS) is 20.4. The Hall–Kier alpha value is -2.56. The lowest BCUT2D eigenvalue weighted by molar-refractivity contribution is 0.0953. The van der Waals surface area contributed by atoms with E-state index in [4.69, 9.17) is 4.74 Å². The molecule has 2 amide bonds. The van der Waals surface area contributed by atoms with Gasteiger partial charge in [-0.05, 0) is 56.8 Å². The molecule has 2 aromatic rings. The van der Waals surface area contributed by atoms with Crippen molar-refractivity contribution in [1.29, 1.82) is 0 Å². The first kappa shape index (κ1) is 25.5. The Bertz CT molecular complexity index is 1030. The van der Waals surface area contributed by atoms with Crippen LogP contribution in [0.25, 0.3) is 0 Å². The number of anilines is 2. The second kappa shape index (κ2) is 11.9. The first-order chi connectivity index (χ1) is 17.0. The molecular weight excluding hydrogens is 469 g/mol. The summed E-state index contributed by atoms with van der Waals surface area (Å²) in [4.78, 5) is 34.9. The van der Waals surface area contributed by atoms with E-state index in [9.17, 15) is 14.0 Å². The molecule has 2 atom stereocenters. The molecule has 190 valence electrons. The number of alkyl halides is 1. The first-order valence-corrected chi connectivity index (χ1v) is 13.1. The van der Waals surface area contributed by atoms with Crippen molar-refractivity contribution in [2.24, 2.45) is 0 Å². The summed E-state index contributed by atoms with van der Waals surface area (Å²) in [6.07, 6.45) is 3.70. The zero-order chi connectivity index (χ0) is 24.8. The first-order valence-electron chi connectivity index (χ1n) is 12.2. The number of nitrogens with zero attached hydrogens (tertiary/aromatic N) is 3. The topological polar surface area (TPSA) is 86.8 Å². The molecule has 8 nitrogen and oxygen atoms in total. The third kappa shape index (κ3) is 6.36. The summed E-state index contributed by atoms with van der Waals surface area (Å²) < 4.78 is 18.0. The lowest BCUT2D eigenvalue weighted by Crippen LogP contribution is -2.28. The van der Waals surface area contributed by atoms with E-state index in [0.717, 1.165) is 43.3 Å². The van der Waals surface area contributed by atoms with Crippen LogP contribution in [-0.4, -0.2) is 73.8 Å². The van der Waals surface area contributed by atoms with E-state index in [1.807, 2.05) is 12.1 Å². The van der Waals surface area contributed by atoms with Gasteiger partial charge in [-0.25, -0.2) is 4.98 Å². The molecule has 0 bridgehead atoms. The molecule has 0 unspecified atom stereocenters. The van der Waals surface area contributed by atoms with Gasteiger partial charge in [-0.2, -0.15) is 0 Å². The number of hydrogen-bond acceptors (Lipinski definition) is 7. The second-order valence-corrected chi connectivity index (χ2v) is 10.0. The molecule has 1 aromatic carbocycles. The fourth-order valence-corrected chi connectivity index (χ4v) is 5.45. The average molecular weight is 504 g/mol. The minimum Gasteiger partial charge on any atom is -0.380 e. The molecule has 3 heterocycles. The Balaban J connectivity index is 1.49. The minimum atomic E-state index is -0.495. The van der Waals surface area contributed by atoms with Crippen LogP contribution < -0.4 is 15.5 Å². The summed E-state index contributed by atoms with van der Waals surface area (Å²) in [5.74, 6) is -0.694. The van der Waals surface area contributed by atoms with Gasteiger partial charge < -0.3 is 20.3 Å². The highest BCUT2D eigenvalue weighted by Crippen LogP contribution is 2.27. The molecule has 2 aliphatic rings. The highest BCUT2D eigenvalue weighted by Gasteiger charge is 2.26. The summed E-state index contributed by atoms with van der Waals surface area (Å²) >= 11 is 1.42. The van der Waals surface area contributed by atoms with Crippen LogP contribution in [0.2, 0.25) is 0 Å². The lowest BCUT2D eigenvalue weighted by Gasteiger charge is -2.21. The average Bonchev–Trinajstić information content (AvgIpc) is 3.61. The summed E-state index contributed by atoms with van der Waals surface area (Å²) in [6, 6.07) is 6.05. The minimum absolute atomic E-state index is 0.178. The Kier molecular flexibility index (Phi) is 8.69. The smallest absolute Gasteiger partial charge is 0.275 e. The van der Waals surface area contributed by atoms with Crippen LogP contribution in [0.5, 0.6) is 0 Å². The molecule has 35 heavy (non-hydrogen) atoms. The van der Waals surface area contributed by atoms with Gasteiger partial charge in [-0.3, -0.25) is 18.9 Å². The van der Waals surface area contributed by atoms with Gasteiger partial charge in [0.15, 0.2) is 5.13 Å². The number of carbonyl (C=O) groups is 2. The summed E-state index contributed by atoms with van der Waals surface area (Å²) in [5, 5.41) is 8.14. The molecule has 0 aliphatic carbocycles. The summed E-state index contributed by atoms with van der Waals surface area (Å²) in [6.45, 7) is 5.33. The third-order valence-corrected chi connectivity index (χ3v) is 7.62. The predicted octanol–water partition coefficient (Wildman–Crippen LogP) is 3.69. The van der Waals surface area contributed by atoms with Crippen LogP contribution >= 0.6 is 11.3 Å². The van der Waals surface area contributed by atoms with Crippen molar-refractivity contribution < 1.29 is 18.7 Å². The van der Waals surface area contributed by atoms with Crippen molar-refractivity contribution in [1.82, 2.24) is 15.2 Å². The Morgan fingerprint density at radius 1 is 1.26 bits per heavy atom. The van der Waals surface area contributed by atoms with E-state index in [1.165, 1.54) is 24.2 Å². The zero-order valence-corrected chi connectivity index (χ0v) is 21.2. The number of nitrogens with one attached hydrogen (secondary N) is 2. The third-order valence-electron chi connectivity index (χ3n) is 6.72. The fraction of sp³-hybridized carbons (Fsp3) is 0.560. The molecule has 0 spiro atoms. The number of methoxy groups -OCH3 is 1. The molecule has 10 heteroatoms. The number of ether oxygens (including phenoxy) is 1. The molecule has 2 saturated heterocycles. The molecule has 2 aliphatic heterocycles. The number of halogens is 1. The highest BCUT2D eigenvalue weighted by molar-refractivity contribution is 7.14. The molecule has 2 N–H and O–H groups in total. The number of amides is 2. The van der Waals surface area contributed by atoms with E-state index in [-0.39, 0.29) is 30.9 Å². The van der Waals surface area contributed by atoms with E-state index in [0.29, 0.717) is 23.0 Å². The van der Waals surface area contributed by atoms with Crippen molar-refractivity contribution in [2.45, 2.75) is 51.3 Å². The number of hydrogen-bond donors (Lipinski definition) is 2. The quantitative estimate of drug-likeness (QED) is 0.481. The van der Waals surface area contributed by atoms with E-state index < -0.39 is 6.67 Å². The molecule has 0 saturated carbocycles. The van der Waals surface area contributed by atoms with Crippen molar-refractivity contribution >= 4 is 34.0 Å². The highest BCUT2D eigenvalue weighted by atomic mass is 32.1. The fourth-order valence-electron chi connectivity index (χ4n) is 4.61. The van der Waals surface area contributed by atoms with Gasteiger partial charge in [-0.1, -0.05) is 6.07 Å². The van der Waals surface area contributed by atoms with Crippen molar-refractivity contribution in [2.75, 3.05) is 50.2 Å². The summed E-state index contributed by atoms with van der Waals surface area (Å²) in [5.41, 5.74) is 2.11. The van der Waals surface area contributed by atoms with Crippen LogP contribution in [0.15, 0.2) is 23.6 Å².